The average molecular weight is 345 g/mol. The van der Waals surface area contributed by atoms with E-state index in [1.807, 2.05) is 12.1 Å². The first kappa shape index (κ1) is 17.6. The Balaban J connectivity index is 1.92. The van der Waals surface area contributed by atoms with Crippen LogP contribution in [-0.4, -0.2) is 29.5 Å². The van der Waals surface area contributed by atoms with E-state index in [-0.39, 0.29) is 23.6 Å². The number of ether oxygens (including phenoxy) is 1. The van der Waals surface area contributed by atoms with E-state index in [1.165, 1.54) is 18.7 Å². The van der Waals surface area contributed by atoms with Crippen LogP contribution in [0.15, 0.2) is 40.4 Å². The van der Waals surface area contributed by atoms with E-state index in [0.29, 0.717) is 5.69 Å². The number of para-hydroxylation sites is 1. The Labute approximate surface area is 142 Å². The molecule has 7 nitrogen and oxygen atoms in total. The minimum Gasteiger partial charge on any atom is -0.457 e. The highest BCUT2D eigenvalue weighted by molar-refractivity contribution is 8.01. The number of carbonyl (C=O) groups excluding carboxylic acids is 3. The molecule has 1 aliphatic heterocycles. The minimum absolute atomic E-state index is 0.0670. The normalized spacial score (nSPS) is 17.0. The number of allylic oxidation sites excluding steroid dienone is 1. The first-order chi connectivity index (χ1) is 11.4. The lowest BCUT2D eigenvalue weighted by Gasteiger charge is -2.23. The number of thioether (sulfide) groups is 1. The van der Waals surface area contributed by atoms with Gasteiger partial charge < -0.3 is 15.8 Å². The minimum atomic E-state index is -0.692. The number of ketones is 1. The molecular weight excluding hydrogens is 330 g/mol. The van der Waals surface area contributed by atoms with Crippen LogP contribution in [0.1, 0.15) is 13.3 Å². The molecular formula is C16H15N3O4S. The number of fused-ring (bicyclic) bond motifs is 1. The van der Waals surface area contributed by atoms with Crippen molar-refractivity contribution in [3.8, 4) is 6.07 Å². The van der Waals surface area contributed by atoms with E-state index < -0.39 is 23.6 Å². The number of hydrogen-bond acceptors (Lipinski definition) is 7. The SMILES string of the molecule is C/C(N)=C(/C#N)C(=O)COC(=O)CC1Sc2ccccc2NC1=O. The van der Waals surface area contributed by atoms with Gasteiger partial charge in [-0.25, -0.2) is 0 Å². The van der Waals surface area contributed by atoms with Crippen LogP contribution in [0, 0.1) is 11.3 Å². The van der Waals surface area contributed by atoms with Crippen molar-refractivity contribution in [3.05, 3.63) is 35.5 Å². The standard InChI is InChI=1S/C16H15N3O4S/c1-9(18)10(7-17)12(20)8-23-15(21)6-14-16(22)19-11-4-2-3-5-13(11)24-14/h2-5,14H,6,8,18H2,1H3,(H,19,22)/b10-9+. The molecule has 0 aromatic heterocycles. The van der Waals surface area contributed by atoms with Crippen LogP contribution in [0.25, 0.3) is 0 Å². The van der Waals surface area contributed by atoms with Crippen LogP contribution < -0.4 is 11.1 Å². The maximum absolute atomic E-state index is 12.0. The van der Waals surface area contributed by atoms with Gasteiger partial charge in [-0.3, -0.25) is 14.4 Å². The van der Waals surface area contributed by atoms with Crippen molar-refractivity contribution in [2.75, 3.05) is 11.9 Å². The number of nitrogens with zero attached hydrogens (tertiary/aromatic N) is 1. The molecule has 0 radical (unpaired) electrons. The topological polar surface area (TPSA) is 122 Å². The van der Waals surface area contributed by atoms with Gasteiger partial charge >= 0.3 is 5.97 Å². The zero-order chi connectivity index (χ0) is 17.7. The monoisotopic (exact) mass is 345 g/mol. The van der Waals surface area contributed by atoms with Crippen LogP contribution in [0.5, 0.6) is 0 Å². The number of nitriles is 1. The molecule has 3 N–H and O–H groups in total. The lowest BCUT2D eigenvalue weighted by molar-refractivity contribution is -0.147. The summed E-state index contributed by atoms with van der Waals surface area (Å²) < 4.78 is 4.85. The largest absolute Gasteiger partial charge is 0.457 e. The summed E-state index contributed by atoms with van der Waals surface area (Å²) >= 11 is 1.26. The van der Waals surface area contributed by atoms with Gasteiger partial charge in [-0.1, -0.05) is 12.1 Å². The molecule has 0 saturated carbocycles. The summed E-state index contributed by atoms with van der Waals surface area (Å²) in [4.78, 5) is 36.4. The highest BCUT2D eigenvalue weighted by atomic mass is 32.2. The number of anilines is 1. The number of carbonyl (C=O) groups is 3. The van der Waals surface area contributed by atoms with Crippen LogP contribution in [0.3, 0.4) is 0 Å². The van der Waals surface area contributed by atoms with Crippen LogP contribution in [-0.2, 0) is 19.1 Å². The molecule has 1 atom stereocenters. The number of nitrogens with one attached hydrogen (secondary N) is 1. The Bertz CT molecular complexity index is 763. The van der Waals surface area contributed by atoms with Gasteiger partial charge in [0.1, 0.15) is 11.6 Å². The Morgan fingerprint density at radius 1 is 1.42 bits per heavy atom. The van der Waals surface area contributed by atoms with E-state index >= 15 is 0 Å². The van der Waals surface area contributed by atoms with Gasteiger partial charge in [-0.15, -0.1) is 11.8 Å². The van der Waals surface area contributed by atoms with E-state index in [2.05, 4.69) is 5.32 Å². The molecule has 8 heteroatoms. The molecule has 1 amide bonds. The average Bonchev–Trinajstić information content (AvgIpc) is 2.54. The second-order valence-corrected chi connectivity index (χ2v) is 6.29. The maximum Gasteiger partial charge on any atom is 0.307 e. The van der Waals surface area contributed by atoms with Crippen molar-refractivity contribution < 1.29 is 19.1 Å². The zero-order valence-corrected chi connectivity index (χ0v) is 13.7. The Hall–Kier alpha value is -2.79. The van der Waals surface area contributed by atoms with Gasteiger partial charge in [0, 0.05) is 10.6 Å². The Morgan fingerprint density at radius 3 is 2.79 bits per heavy atom. The number of esters is 1. The fourth-order valence-corrected chi connectivity index (χ4v) is 3.12. The smallest absolute Gasteiger partial charge is 0.307 e. The molecule has 124 valence electrons. The van der Waals surface area contributed by atoms with Gasteiger partial charge in [0.05, 0.1) is 17.4 Å². The molecule has 1 aromatic carbocycles. The second-order valence-electron chi connectivity index (χ2n) is 5.05. The quantitative estimate of drug-likeness (QED) is 0.469. The molecule has 0 spiro atoms. The number of hydrogen-bond donors (Lipinski definition) is 2. The number of benzene rings is 1. The molecule has 0 bridgehead atoms. The predicted octanol–water partition coefficient (Wildman–Crippen LogP) is 1.36. The van der Waals surface area contributed by atoms with Crippen molar-refractivity contribution in [1.29, 1.82) is 5.26 Å². The highest BCUT2D eigenvalue weighted by Crippen LogP contribution is 2.36. The summed E-state index contributed by atoms with van der Waals surface area (Å²) in [5.41, 5.74) is 5.94. The molecule has 1 heterocycles. The number of rotatable bonds is 5. The number of amides is 1. The third-order valence-corrected chi connectivity index (χ3v) is 4.48. The highest BCUT2D eigenvalue weighted by Gasteiger charge is 2.29. The van der Waals surface area contributed by atoms with Crippen LogP contribution >= 0.6 is 11.8 Å². The first-order valence-corrected chi connectivity index (χ1v) is 7.92. The fraction of sp³-hybridized carbons (Fsp3) is 0.250. The van der Waals surface area contributed by atoms with Gasteiger partial charge in [0.15, 0.2) is 6.61 Å². The molecule has 0 saturated heterocycles. The Kier molecular flexibility index (Phi) is 5.60. The van der Waals surface area contributed by atoms with Crippen molar-refractivity contribution >= 4 is 35.1 Å². The maximum atomic E-state index is 12.0. The number of nitrogens with two attached hydrogens (primary N) is 1. The molecule has 0 aliphatic carbocycles. The third kappa shape index (κ3) is 4.14. The van der Waals surface area contributed by atoms with Gasteiger partial charge in [0.2, 0.25) is 11.7 Å². The first-order valence-electron chi connectivity index (χ1n) is 7.04. The molecule has 2 rings (SSSR count). The van der Waals surface area contributed by atoms with Crippen molar-refractivity contribution in [2.45, 2.75) is 23.5 Å². The van der Waals surface area contributed by atoms with E-state index in [0.717, 1.165) is 4.90 Å². The van der Waals surface area contributed by atoms with Gasteiger partial charge in [0.25, 0.3) is 0 Å². The van der Waals surface area contributed by atoms with Crippen LogP contribution in [0.4, 0.5) is 5.69 Å². The van der Waals surface area contributed by atoms with Crippen LogP contribution in [0.2, 0.25) is 0 Å². The second kappa shape index (κ2) is 7.66. The van der Waals surface area contributed by atoms with Crippen molar-refractivity contribution in [3.63, 3.8) is 0 Å². The predicted molar refractivity (Wildman–Crippen MR) is 87.8 cm³/mol. The molecule has 0 fully saturated rings. The summed E-state index contributed by atoms with van der Waals surface area (Å²) in [7, 11) is 0. The lowest BCUT2D eigenvalue weighted by atomic mass is 10.1. The number of Topliss-reactive ketones (excluding diaryl/α,β-unsaturated/α-hetero) is 1. The zero-order valence-electron chi connectivity index (χ0n) is 12.9. The molecule has 1 aliphatic rings. The van der Waals surface area contributed by atoms with Gasteiger partial charge in [-0.2, -0.15) is 5.26 Å². The fourth-order valence-electron chi connectivity index (χ4n) is 2.03. The van der Waals surface area contributed by atoms with Gasteiger partial charge in [-0.05, 0) is 19.1 Å². The summed E-state index contributed by atoms with van der Waals surface area (Å²) in [6.45, 7) is 0.838. The van der Waals surface area contributed by atoms with Crippen molar-refractivity contribution in [1.82, 2.24) is 0 Å². The lowest BCUT2D eigenvalue weighted by Crippen LogP contribution is -2.31. The summed E-state index contributed by atoms with van der Waals surface area (Å²) in [5, 5.41) is 10.9. The molecule has 1 aromatic rings. The summed E-state index contributed by atoms with van der Waals surface area (Å²) in [6.07, 6.45) is -0.175. The molecule has 1 unspecified atom stereocenters. The molecule has 24 heavy (non-hydrogen) atoms. The Morgan fingerprint density at radius 2 is 2.12 bits per heavy atom. The van der Waals surface area contributed by atoms with Crippen molar-refractivity contribution in [2.24, 2.45) is 5.73 Å². The van der Waals surface area contributed by atoms with E-state index in [1.54, 1.807) is 18.2 Å². The van der Waals surface area contributed by atoms with E-state index in [4.69, 9.17) is 15.7 Å². The van der Waals surface area contributed by atoms with E-state index in [9.17, 15) is 14.4 Å². The summed E-state index contributed by atoms with van der Waals surface area (Å²) in [5.74, 6) is -1.66. The third-order valence-electron chi connectivity index (χ3n) is 3.21. The summed E-state index contributed by atoms with van der Waals surface area (Å²) in [6, 6.07) is 8.93.